The summed E-state index contributed by atoms with van der Waals surface area (Å²) in [6, 6.07) is 5.02. The second-order valence-electron chi connectivity index (χ2n) is 4.10. The van der Waals surface area contributed by atoms with Gasteiger partial charge in [0, 0.05) is 7.11 Å². The van der Waals surface area contributed by atoms with Crippen LogP contribution in [0.1, 0.15) is 21.5 Å². The molecule has 5 heteroatoms. The minimum absolute atomic E-state index is 0.296. The van der Waals surface area contributed by atoms with Gasteiger partial charge in [-0.2, -0.15) is 0 Å². The van der Waals surface area contributed by atoms with Crippen LogP contribution in [-0.4, -0.2) is 44.6 Å². The van der Waals surface area contributed by atoms with Gasteiger partial charge in [-0.3, -0.25) is 0 Å². The van der Waals surface area contributed by atoms with Gasteiger partial charge in [0.15, 0.2) is 0 Å². The van der Waals surface area contributed by atoms with E-state index in [-0.39, 0.29) is 0 Å². The maximum absolute atomic E-state index is 10.8. The van der Waals surface area contributed by atoms with Crippen LogP contribution in [0.4, 0.5) is 0 Å². The van der Waals surface area contributed by atoms with Crippen molar-refractivity contribution in [3.63, 3.8) is 0 Å². The third kappa shape index (κ3) is 5.83. The van der Waals surface area contributed by atoms with Crippen molar-refractivity contribution in [2.24, 2.45) is 0 Å². The molecule has 0 radical (unpaired) electrons. The van der Waals surface area contributed by atoms with Gasteiger partial charge < -0.3 is 19.3 Å². The number of benzene rings is 1. The Bertz CT molecular complexity index is 403. The minimum atomic E-state index is -0.915. The van der Waals surface area contributed by atoms with E-state index < -0.39 is 5.97 Å². The average Bonchev–Trinajstić information content (AvgIpc) is 2.39. The fraction of sp³-hybridized carbons (Fsp3) is 0.500. The van der Waals surface area contributed by atoms with Gasteiger partial charge in [0.1, 0.15) is 0 Å². The van der Waals surface area contributed by atoms with E-state index in [2.05, 4.69) is 0 Å². The van der Waals surface area contributed by atoms with E-state index in [4.69, 9.17) is 19.3 Å². The van der Waals surface area contributed by atoms with Crippen molar-refractivity contribution < 1.29 is 24.1 Å². The highest BCUT2D eigenvalue weighted by Gasteiger charge is 2.05. The molecule has 0 aliphatic carbocycles. The predicted octanol–water partition coefficient (Wildman–Crippen LogP) is 1.87. The van der Waals surface area contributed by atoms with Crippen LogP contribution in [0, 0.1) is 6.92 Å². The quantitative estimate of drug-likeness (QED) is 0.693. The summed E-state index contributed by atoms with van der Waals surface area (Å²) in [5, 5.41) is 8.86. The Morgan fingerprint density at radius 1 is 1.16 bits per heavy atom. The summed E-state index contributed by atoms with van der Waals surface area (Å²) in [5.41, 5.74) is 2.20. The number of hydrogen-bond acceptors (Lipinski definition) is 4. The first-order chi connectivity index (χ1) is 9.15. The van der Waals surface area contributed by atoms with Crippen molar-refractivity contribution in [1.82, 2.24) is 0 Å². The Morgan fingerprint density at radius 3 is 2.47 bits per heavy atom. The first-order valence-corrected chi connectivity index (χ1v) is 6.12. The van der Waals surface area contributed by atoms with Crippen LogP contribution in [-0.2, 0) is 20.8 Å². The lowest BCUT2D eigenvalue weighted by Crippen LogP contribution is -2.08. The summed E-state index contributed by atoms with van der Waals surface area (Å²) >= 11 is 0. The highest BCUT2D eigenvalue weighted by Crippen LogP contribution is 2.12. The molecule has 0 atom stereocenters. The molecule has 0 amide bonds. The van der Waals surface area contributed by atoms with Gasteiger partial charge >= 0.3 is 5.97 Å². The molecule has 0 fully saturated rings. The third-order valence-electron chi connectivity index (χ3n) is 2.65. The van der Waals surface area contributed by atoms with Crippen molar-refractivity contribution in [2.45, 2.75) is 13.5 Å². The fourth-order valence-electron chi connectivity index (χ4n) is 1.54. The molecule has 0 unspecified atom stereocenters. The smallest absolute Gasteiger partial charge is 0.335 e. The lowest BCUT2D eigenvalue weighted by molar-refractivity contribution is 0.0198. The number of ether oxygens (including phenoxy) is 3. The summed E-state index contributed by atoms with van der Waals surface area (Å²) in [5.74, 6) is -0.915. The molecule has 0 aromatic heterocycles. The maximum atomic E-state index is 10.8. The molecule has 5 nitrogen and oxygen atoms in total. The van der Waals surface area contributed by atoms with Crippen LogP contribution in [0.25, 0.3) is 0 Å². The number of hydrogen-bond donors (Lipinski definition) is 1. The molecule has 0 bridgehead atoms. The first-order valence-electron chi connectivity index (χ1n) is 6.12. The molecule has 1 rings (SSSR count). The van der Waals surface area contributed by atoms with Gasteiger partial charge in [-0.15, -0.1) is 0 Å². The summed E-state index contributed by atoms with van der Waals surface area (Å²) in [6.07, 6.45) is 0. The van der Waals surface area contributed by atoms with Crippen molar-refractivity contribution >= 4 is 5.97 Å². The molecule has 0 spiro atoms. The van der Waals surface area contributed by atoms with E-state index in [9.17, 15) is 4.79 Å². The lowest BCUT2D eigenvalue weighted by Gasteiger charge is -2.08. The maximum Gasteiger partial charge on any atom is 0.335 e. The molecule has 0 heterocycles. The number of aromatic carboxylic acids is 1. The minimum Gasteiger partial charge on any atom is -0.478 e. The number of rotatable bonds is 9. The number of carbonyl (C=O) groups is 1. The van der Waals surface area contributed by atoms with E-state index in [0.29, 0.717) is 38.6 Å². The van der Waals surface area contributed by atoms with Gasteiger partial charge in [0.2, 0.25) is 0 Å². The predicted molar refractivity (Wildman–Crippen MR) is 70.5 cm³/mol. The van der Waals surface area contributed by atoms with Gasteiger partial charge in [-0.05, 0) is 30.2 Å². The molecule has 1 aromatic rings. The van der Waals surface area contributed by atoms with E-state index in [0.717, 1.165) is 11.1 Å². The number of aryl methyl sites for hydroxylation is 1. The first kappa shape index (κ1) is 15.6. The summed E-state index contributed by atoms with van der Waals surface area (Å²) in [6.45, 7) is 4.50. The topological polar surface area (TPSA) is 65.0 Å². The Balaban J connectivity index is 2.28. The van der Waals surface area contributed by atoms with Crippen LogP contribution >= 0.6 is 0 Å². The summed E-state index contributed by atoms with van der Waals surface area (Å²) in [4.78, 5) is 10.8. The lowest BCUT2D eigenvalue weighted by atomic mass is 10.1. The molecule has 0 saturated carbocycles. The van der Waals surface area contributed by atoms with Crippen LogP contribution in [0.15, 0.2) is 18.2 Å². The second-order valence-corrected chi connectivity index (χ2v) is 4.10. The zero-order chi connectivity index (χ0) is 14.1. The normalized spacial score (nSPS) is 10.6. The largest absolute Gasteiger partial charge is 0.478 e. The molecular formula is C14H20O5. The van der Waals surface area contributed by atoms with Crippen LogP contribution < -0.4 is 0 Å². The van der Waals surface area contributed by atoms with E-state index in [1.54, 1.807) is 25.3 Å². The Morgan fingerprint density at radius 2 is 1.84 bits per heavy atom. The van der Waals surface area contributed by atoms with Crippen molar-refractivity contribution in [3.8, 4) is 0 Å². The monoisotopic (exact) mass is 268 g/mol. The summed E-state index contributed by atoms with van der Waals surface area (Å²) < 4.78 is 15.6. The molecule has 0 aliphatic rings. The summed E-state index contributed by atoms with van der Waals surface area (Å²) in [7, 11) is 1.63. The van der Waals surface area contributed by atoms with Gasteiger partial charge in [-0.1, -0.05) is 6.07 Å². The van der Waals surface area contributed by atoms with Gasteiger partial charge in [-0.25, -0.2) is 4.79 Å². The van der Waals surface area contributed by atoms with E-state index in [1.807, 2.05) is 6.92 Å². The van der Waals surface area contributed by atoms with Crippen LogP contribution in [0.5, 0.6) is 0 Å². The van der Waals surface area contributed by atoms with Crippen molar-refractivity contribution in [3.05, 3.63) is 34.9 Å². The second kappa shape index (κ2) is 8.63. The molecule has 1 aromatic carbocycles. The third-order valence-corrected chi connectivity index (χ3v) is 2.65. The molecule has 106 valence electrons. The van der Waals surface area contributed by atoms with Crippen molar-refractivity contribution in [2.75, 3.05) is 33.5 Å². The molecule has 19 heavy (non-hydrogen) atoms. The van der Waals surface area contributed by atoms with E-state index in [1.165, 1.54) is 0 Å². The van der Waals surface area contributed by atoms with E-state index >= 15 is 0 Å². The Kier molecular flexibility index (Phi) is 7.10. The molecule has 1 N–H and O–H groups in total. The highest BCUT2D eigenvalue weighted by molar-refractivity contribution is 5.87. The zero-order valence-electron chi connectivity index (χ0n) is 11.3. The number of carboxylic acid groups (broad SMARTS) is 1. The number of carboxylic acids is 1. The highest BCUT2D eigenvalue weighted by atomic mass is 16.5. The molecule has 0 saturated heterocycles. The SMILES string of the molecule is COCCOCCOCc1ccc(C(=O)O)cc1C. The zero-order valence-corrected chi connectivity index (χ0v) is 11.3. The Hall–Kier alpha value is -1.43. The van der Waals surface area contributed by atoms with Crippen molar-refractivity contribution in [1.29, 1.82) is 0 Å². The molecular weight excluding hydrogens is 248 g/mol. The van der Waals surface area contributed by atoms with Crippen LogP contribution in [0.2, 0.25) is 0 Å². The Labute approximate surface area is 113 Å². The molecule has 0 aliphatic heterocycles. The van der Waals surface area contributed by atoms with Crippen LogP contribution in [0.3, 0.4) is 0 Å². The van der Waals surface area contributed by atoms with Gasteiger partial charge in [0.05, 0.1) is 38.6 Å². The number of methoxy groups -OCH3 is 1. The fourth-order valence-corrected chi connectivity index (χ4v) is 1.54. The standard InChI is InChI=1S/C14H20O5/c1-11-9-12(14(15)16)3-4-13(11)10-19-8-7-18-6-5-17-2/h3-4,9H,5-8,10H2,1-2H3,(H,15,16). The van der Waals surface area contributed by atoms with Gasteiger partial charge in [0.25, 0.3) is 0 Å². The average molecular weight is 268 g/mol.